The standard InChI is InChI=1S/C17H15N3O2/c21-17-20(13-6-2-1-3-7-13)11-14(22-17)10-19-12-18-15-8-4-5-9-16(15)19/h1-9,12,14H,10-11H2/t14-/m1/s1. The summed E-state index contributed by atoms with van der Waals surface area (Å²) >= 11 is 0. The van der Waals surface area contributed by atoms with Crippen molar-refractivity contribution < 1.29 is 9.53 Å². The molecule has 0 radical (unpaired) electrons. The van der Waals surface area contributed by atoms with E-state index in [1.54, 1.807) is 11.2 Å². The van der Waals surface area contributed by atoms with Gasteiger partial charge in [-0.25, -0.2) is 9.78 Å². The number of carbonyl (C=O) groups is 1. The third kappa shape index (κ3) is 2.20. The molecule has 5 heteroatoms. The summed E-state index contributed by atoms with van der Waals surface area (Å²) in [7, 11) is 0. The summed E-state index contributed by atoms with van der Waals surface area (Å²) in [5.74, 6) is 0. The van der Waals surface area contributed by atoms with Crippen molar-refractivity contribution in [2.75, 3.05) is 11.4 Å². The number of amides is 1. The van der Waals surface area contributed by atoms with Crippen molar-refractivity contribution in [3.05, 3.63) is 60.9 Å². The van der Waals surface area contributed by atoms with Gasteiger partial charge in [-0.05, 0) is 24.3 Å². The van der Waals surface area contributed by atoms with Crippen molar-refractivity contribution in [3.8, 4) is 0 Å². The highest BCUT2D eigenvalue weighted by Crippen LogP contribution is 2.22. The molecule has 0 N–H and O–H groups in total. The summed E-state index contributed by atoms with van der Waals surface area (Å²) in [6, 6.07) is 17.5. The minimum atomic E-state index is -0.291. The van der Waals surface area contributed by atoms with Gasteiger partial charge in [0.25, 0.3) is 0 Å². The van der Waals surface area contributed by atoms with E-state index in [0.717, 1.165) is 16.7 Å². The average molecular weight is 293 g/mol. The topological polar surface area (TPSA) is 47.4 Å². The van der Waals surface area contributed by atoms with Crippen LogP contribution in [0.3, 0.4) is 0 Å². The van der Waals surface area contributed by atoms with Gasteiger partial charge in [-0.2, -0.15) is 0 Å². The van der Waals surface area contributed by atoms with Gasteiger partial charge in [0, 0.05) is 5.69 Å². The summed E-state index contributed by atoms with van der Waals surface area (Å²) in [5, 5.41) is 0. The Labute approximate surface area is 127 Å². The van der Waals surface area contributed by atoms with Gasteiger partial charge in [-0.3, -0.25) is 4.90 Å². The van der Waals surface area contributed by atoms with Crippen LogP contribution in [0.4, 0.5) is 10.5 Å². The number of aromatic nitrogens is 2. The van der Waals surface area contributed by atoms with E-state index < -0.39 is 0 Å². The van der Waals surface area contributed by atoms with E-state index in [1.165, 1.54) is 0 Å². The lowest BCUT2D eigenvalue weighted by molar-refractivity contribution is 0.132. The lowest BCUT2D eigenvalue weighted by Gasteiger charge is -2.12. The van der Waals surface area contributed by atoms with Crippen LogP contribution in [0.2, 0.25) is 0 Å². The number of para-hydroxylation sites is 3. The number of carbonyl (C=O) groups excluding carboxylic acids is 1. The Morgan fingerprint density at radius 1 is 1.09 bits per heavy atom. The molecule has 1 saturated heterocycles. The molecule has 2 aromatic carbocycles. The van der Waals surface area contributed by atoms with Gasteiger partial charge in [0.15, 0.2) is 0 Å². The number of fused-ring (bicyclic) bond motifs is 1. The fourth-order valence-electron chi connectivity index (χ4n) is 2.81. The molecule has 110 valence electrons. The highest BCUT2D eigenvalue weighted by Gasteiger charge is 2.32. The van der Waals surface area contributed by atoms with Crippen molar-refractivity contribution in [2.45, 2.75) is 12.6 Å². The molecule has 3 aromatic rings. The smallest absolute Gasteiger partial charge is 0.414 e. The molecule has 1 fully saturated rings. The Morgan fingerprint density at radius 3 is 2.73 bits per heavy atom. The maximum Gasteiger partial charge on any atom is 0.414 e. The monoisotopic (exact) mass is 293 g/mol. The molecule has 1 aliphatic rings. The summed E-state index contributed by atoms with van der Waals surface area (Å²) in [6.45, 7) is 1.16. The molecule has 2 heterocycles. The largest absolute Gasteiger partial charge is 0.442 e. The number of hydrogen-bond acceptors (Lipinski definition) is 3. The SMILES string of the molecule is O=C1O[C@H](Cn2cnc3ccccc32)CN1c1ccccc1. The van der Waals surface area contributed by atoms with Crippen LogP contribution in [0.5, 0.6) is 0 Å². The predicted molar refractivity (Wildman–Crippen MR) is 83.8 cm³/mol. The van der Waals surface area contributed by atoms with Gasteiger partial charge in [-0.1, -0.05) is 30.3 Å². The first-order valence-electron chi connectivity index (χ1n) is 7.24. The van der Waals surface area contributed by atoms with Gasteiger partial charge < -0.3 is 9.30 Å². The van der Waals surface area contributed by atoms with Crippen LogP contribution in [0.15, 0.2) is 60.9 Å². The highest BCUT2D eigenvalue weighted by atomic mass is 16.6. The van der Waals surface area contributed by atoms with Crippen LogP contribution in [-0.4, -0.2) is 28.3 Å². The van der Waals surface area contributed by atoms with Crippen LogP contribution < -0.4 is 4.90 Å². The van der Waals surface area contributed by atoms with Gasteiger partial charge in [-0.15, -0.1) is 0 Å². The molecular weight excluding hydrogens is 278 g/mol. The van der Waals surface area contributed by atoms with E-state index in [9.17, 15) is 4.79 Å². The lowest BCUT2D eigenvalue weighted by Crippen LogP contribution is -2.25. The number of rotatable bonds is 3. The van der Waals surface area contributed by atoms with Crippen LogP contribution in [0.25, 0.3) is 11.0 Å². The highest BCUT2D eigenvalue weighted by molar-refractivity contribution is 5.89. The van der Waals surface area contributed by atoms with Crippen molar-refractivity contribution in [1.82, 2.24) is 9.55 Å². The zero-order chi connectivity index (χ0) is 14.9. The zero-order valence-electron chi connectivity index (χ0n) is 11.9. The molecule has 1 amide bonds. The molecule has 1 aromatic heterocycles. The number of hydrogen-bond donors (Lipinski definition) is 0. The average Bonchev–Trinajstić information content (AvgIpc) is 3.13. The normalized spacial score (nSPS) is 17.9. The van der Waals surface area contributed by atoms with Crippen molar-refractivity contribution in [3.63, 3.8) is 0 Å². The first-order valence-corrected chi connectivity index (χ1v) is 7.24. The molecule has 0 spiro atoms. The molecule has 4 rings (SSSR count). The van der Waals surface area contributed by atoms with E-state index in [4.69, 9.17) is 4.74 Å². The summed E-state index contributed by atoms with van der Waals surface area (Å²) in [5.41, 5.74) is 2.87. The maximum absolute atomic E-state index is 12.1. The molecule has 0 saturated carbocycles. The van der Waals surface area contributed by atoms with Crippen molar-refractivity contribution in [2.24, 2.45) is 0 Å². The van der Waals surface area contributed by atoms with Crippen LogP contribution in [-0.2, 0) is 11.3 Å². The Kier molecular flexibility index (Phi) is 3.04. The van der Waals surface area contributed by atoms with Crippen LogP contribution in [0, 0.1) is 0 Å². The number of nitrogens with zero attached hydrogens (tertiary/aromatic N) is 3. The molecule has 5 nitrogen and oxygen atoms in total. The third-order valence-electron chi connectivity index (χ3n) is 3.87. The van der Waals surface area contributed by atoms with Crippen LogP contribution in [0.1, 0.15) is 0 Å². The van der Waals surface area contributed by atoms with Crippen molar-refractivity contribution >= 4 is 22.8 Å². The Balaban J connectivity index is 1.54. The first-order chi connectivity index (χ1) is 10.8. The fourth-order valence-corrected chi connectivity index (χ4v) is 2.81. The third-order valence-corrected chi connectivity index (χ3v) is 3.87. The number of imidazole rings is 1. The van der Waals surface area contributed by atoms with Gasteiger partial charge in [0.1, 0.15) is 6.10 Å². The maximum atomic E-state index is 12.1. The van der Waals surface area contributed by atoms with Gasteiger partial charge >= 0.3 is 6.09 Å². The number of benzene rings is 2. The van der Waals surface area contributed by atoms with E-state index in [1.807, 2.05) is 59.2 Å². The Bertz CT molecular complexity index is 813. The second-order valence-corrected chi connectivity index (χ2v) is 5.34. The molecule has 1 atom stereocenters. The molecule has 0 unspecified atom stereocenters. The quantitative estimate of drug-likeness (QED) is 0.745. The molecule has 0 aliphatic carbocycles. The van der Waals surface area contributed by atoms with E-state index in [0.29, 0.717) is 13.1 Å². The minimum absolute atomic E-state index is 0.176. The summed E-state index contributed by atoms with van der Waals surface area (Å²) in [4.78, 5) is 18.1. The summed E-state index contributed by atoms with van der Waals surface area (Å²) in [6.07, 6.45) is 1.33. The number of cyclic esters (lactones) is 1. The van der Waals surface area contributed by atoms with E-state index in [2.05, 4.69) is 4.98 Å². The Hall–Kier alpha value is -2.82. The number of anilines is 1. The predicted octanol–water partition coefficient (Wildman–Crippen LogP) is 3.06. The van der Waals surface area contributed by atoms with Gasteiger partial charge in [0.05, 0.1) is 30.5 Å². The van der Waals surface area contributed by atoms with E-state index >= 15 is 0 Å². The minimum Gasteiger partial charge on any atom is -0.442 e. The fraction of sp³-hybridized carbons (Fsp3) is 0.176. The van der Waals surface area contributed by atoms with Gasteiger partial charge in [0.2, 0.25) is 0 Å². The summed E-state index contributed by atoms with van der Waals surface area (Å²) < 4.78 is 7.52. The lowest BCUT2D eigenvalue weighted by atomic mass is 10.2. The Morgan fingerprint density at radius 2 is 1.86 bits per heavy atom. The van der Waals surface area contributed by atoms with E-state index in [-0.39, 0.29) is 12.2 Å². The van der Waals surface area contributed by atoms with Crippen molar-refractivity contribution in [1.29, 1.82) is 0 Å². The zero-order valence-corrected chi connectivity index (χ0v) is 11.9. The first kappa shape index (κ1) is 12.9. The molecular formula is C17H15N3O2. The second kappa shape index (κ2) is 5.18. The second-order valence-electron chi connectivity index (χ2n) is 5.34. The van der Waals surface area contributed by atoms with Crippen LogP contribution >= 0.6 is 0 Å². The number of ether oxygens (including phenoxy) is 1. The molecule has 0 bridgehead atoms. The molecule has 22 heavy (non-hydrogen) atoms. The molecule has 1 aliphatic heterocycles.